The van der Waals surface area contributed by atoms with Crippen molar-refractivity contribution in [2.24, 2.45) is 0 Å². The lowest BCUT2D eigenvalue weighted by Crippen LogP contribution is -2.13. The second-order valence-electron chi connectivity index (χ2n) is 9.05. The van der Waals surface area contributed by atoms with E-state index in [1.807, 2.05) is 0 Å². The first kappa shape index (κ1) is 16.1. The van der Waals surface area contributed by atoms with E-state index < -0.39 is 0 Å². The van der Waals surface area contributed by atoms with Crippen LogP contribution in [0.25, 0.3) is 21.8 Å². The lowest BCUT2D eigenvalue weighted by atomic mass is 9.82. The van der Waals surface area contributed by atoms with Gasteiger partial charge in [-0.25, -0.2) is 0 Å². The van der Waals surface area contributed by atoms with E-state index in [2.05, 4.69) is 84.6 Å². The van der Waals surface area contributed by atoms with Crippen molar-refractivity contribution in [2.45, 2.75) is 66.2 Å². The van der Waals surface area contributed by atoms with Crippen LogP contribution in [0.2, 0.25) is 0 Å². The zero-order valence-electron chi connectivity index (χ0n) is 15.8. The van der Waals surface area contributed by atoms with Crippen LogP contribution in [0.1, 0.15) is 63.8 Å². The second kappa shape index (κ2) is 4.87. The van der Waals surface area contributed by atoms with Crippen molar-refractivity contribution in [3.8, 4) is 0 Å². The van der Waals surface area contributed by atoms with Crippen LogP contribution in [-0.4, -0.2) is 4.98 Å². The van der Waals surface area contributed by atoms with Gasteiger partial charge in [-0.3, -0.25) is 0 Å². The summed E-state index contributed by atoms with van der Waals surface area (Å²) in [6.07, 6.45) is 0. The van der Waals surface area contributed by atoms with E-state index in [-0.39, 0.29) is 10.8 Å². The molecule has 3 aromatic rings. The molecule has 0 aliphatic carbocycles. The van der Waals surface area contributed by atoms with E-state index in [9.17, 15) is 0 Å². The van der Waals surface area contributed by atoms with Crippen LogP contribution in [0.5, 0.6) is 0 Å². The van der Waals surface area contributed by atoms with E-state index in [0.29, 0.717) is 0 Å². The maximum Gasteiger partial charge on any atom is 0.0467 e. The molecule has 122 valence electrons. The molecule has 1 N–H and O–H groups in total. The number of aryl methyl sites for hydroxylation is 2. The standard InChI is InChI=1S/C22H29N/c1-13-9-19-15(11-17(13)21(3,4)5)16-12-18(22(6,7)8)14(2)10-20(16)23-19/h9-12,23H,1-8H3. The van der Waals surface area contributed by atoms with Crippen LogP contribution in [-0.2, 0) is 10.8 Å². The molecular weight excluding hydrogens is 278 g/mol. The summed E-state index contributed by atoms with van der Waals surface area (Å²) in [5.41, 5.74) is 8.42. The molecule has 0 radical (unpaired) electrons. The Morgan fingerprint density at radius 3 is 1.26 bits per heavy atom. The van der Waals surface area contributed by atoms with E-state index >= 15 is 0 Å². The van der Waals surface area contributed by atoms with Gasteiger partial charge in [0.1, 0.15) is 0 Å². The minimum Gasteiger partial charge on any atom is -0.354 e. The van der Waals surface area contributed by atoms with Gasteiger partial charge in [-0.2, -0.15) is 0 Å². The lowest BCUT2D eigenvalue weighted by molar-refractivity contribution is 0.586. The van der Waals surface area contributed by atoms with Gasteiger partial charge in [0.05, 0.1) is 0 Å². The molecule has 1 heteroatoms. The molecule has 0 saturated heterocycles. The van der Waals surface area contributed by atoms with Gasteiger partial charge in [-0.15, -0.1) is 0 Å². The lowest BCUT2D eigenvalue weighted by Gasteiger charge is -2.22. The Morgan fingerprint density at radius 1 is 0.609 bits per heavy atom. The summed E-state index contributed by atoms with van der Waals surface area (Å²) in [4.78, 5) is 3.62. The van der Waals surface area contributed by atoms with Crippen molar-refractivity contribution in [3.63, 3.8) is 0 Å². The third-order valence-electron chi connectivity index (χ3n) is 4.90. The van der Waals surface area contributed by atoms with Crippen LogP contribution in [0.15, 0.2) is 24.3 Å². The van der Waals surface area contributed by atoms with Crippen LogP contribution in [0, 0.1) is 13.8 Å². The smallest absolute Gasteiger partial charge is 0.0467 e. The molecular formula is C22H29N. The van der Waals surface area contributed by atoms with Crippen LogP contribution in [0.3, 0.4) is 0 Å². The molecule has 0 bridgehead atoms. The fourth-order valence-corrected chi connectivity index (χ4v) is 3.83. The molecule has 0 spiro atoms. The average molecular weight is 307 g/mol. The monoisotopic (exact) mass is 307 g/mol. The molecule has 0 aliphatic rings. The third kappa shape index (κ3) is 2.67. The van der Waals surface area contributed by atoms with Crippen molar-refractivity contribution in [1.29, 1.82) is 0 Å². The molecule has 0 saturated carbocycles. The summed E-state index contributed by atoms with van der Waals surface area (Å²) < 4.78 is 0. The van der Waals surface area contributed by atoms with E-state index in [0.717, 1.165) is 0 Å². The maximum atomic E-state index is 3.62. The topological polar surface area (TPSA) is 15.8 Å². The Bertz CT molecular complexity index is 821. The van der Waals surface area contributed by atoms with Crippen molar-refractivity contribution in [1.82, 2.24) is 4.98 Å². The number of H-pyrrole nitrogens is 1. The van der Waals surface area contributed by atoms with Crippen molar-refractivity contribution in [2.75, 3.05) is 0 Å². The summed E-state index contributed by atoms with van der Waals surface area (Å²) in [7, 11) is 0. The van der Waals surface area contributed by atoms with Crippen LogP contribution >= 0.6 is 0 Å². The number of fused-ring (bicyclic) bond motifs is 3. The number of hydrogen-bond acceptors (Lipinski definition) is 0. The number of hydrogen-bond donors (Lipinski definition) is 1. The van der Waals surface area contributed by atoms with Crippen molar-refractivity contribution in [3.05, 3.63) is 46.5 Å². The Labute approximate surface area is 140 Å². The maximum absolute atomic E-state index is 3.62. The second-order valence-corrected chi connectivity index (χ2v) is 9.05. The summed E-state index contributed by atoms with van der Waals surface area (Å²) in [6.45, 7) is 18.2. The average Bonchev–Trinajstić information content (AvgIpc) is 2.70. The van der Waals surface area contributed by atoms with Crippen molar-refractivity contribution < 1.29 is 0 Å². The SMILES string of the molecule is Cc1cc2[nH]c3cc(C)c(C(C)(C)C)cc3c2cc1C(C)(C)C. The number of benzene rings is 2. The fourth-order valence-electron chi connectivity index (χ4n) is 3.83. The molecule has 1 heterocycles. The first-order valence-electron chi connectivity index (χ1n) is 8.56. The quantitative estimate of drug-likeness (QED) is 0.486. The van der Waals surface area contributed by atoms with Gasteiger partial charge in [-0.05, 0) is 71.2 Å². The highest BCUT2D eigenvalue weighted by Gasteiger charge is 2.21. The molecule has 0 amide bonds. The summed E-state index contributed by atoms with van der Waals surface area (Å²) in [6, 6.07) is 9.40. The minimum atomic E-state index is 0.166. The highest BCUT2D eigenvalue weighted by molar-refractivity contribution is 6.08. The van der Waals surface area contributed by atoms with Gasteiger partial charge in [0.2, 0.25) is 0 Å². The van der Waals surface area contributed by atoms with Gasteiger partial charge in [-0.1, -0.05) is 41.5 Å². The molecule has 0 aliphatic heterocycles. The van der Waals surface area contributed by atoms with Crippen LogP contribution in [0.4, 0.5) is 0 Å². The molecule has 1 nitrogen and oxygen atoms in total. The van der Waals surface area contributed by atoms with Gasteiger partial charge >= 0.3 is 0 Å². The van der Waals surface area contributed by atoms with Gasteiger partial charge in [0, 0.05) is 21.8 Å². The third-order valence-corrected chi connectivity index (χ3v) is 4.90. The number of aromatic amines is 1. The zero-order valence-corrected chi connectivity index (χ0v) is 15.8. The van der Waals surface area contributed by atoms with E-state index in [4.69, 9.17) is 0 Å². The predicted octanol–water partition coefficient (Wildman–Crippen LogP) is 6.53. The highest BCUT2D eigenvalue weighted by atomic mass is 14.7. The molecule has 1 aromatic heterocycles. The summed E-state index contributed by atoms with van der Waals surface area (Å²) in [5, 5.41) is 2.70. The Hall–Kier alpha value is -1.76. The van der Waals surface area contributed by atoms with Gasteiger partial charge in [0.25, 0.3) is 0 Å². The first-order valence-corrected chi connectivity index (χ1v) is 8.56. The molecule has 0 unspecified atom stereocenters. The Morgan fingerprint density at radius 2 is 0.957 bits per heavy atom. The predicted molar refractivity (Wildman–Crippen MR) is 103 cm³/mol. The van der Waals surface area contributed by atoms with Gasteiger partial charge in [0.15, 0.2) is 0 Å². The van der Waals surface area contributed by atoms with E-state index in [1.54, 1.807) is 0 Å². The Balaban J connectivity index is 2.40. The normalized spacial score (nSPS) is 13.2. The number of nitrogens with one attached hydrogen (secondary N) is 1. The fraction of sp³-hybridized carbons (Fsp3) is 0.455. The number of aromatic nitrogens is 1. The minimum absolute atomic E-state index is 0.166. The Kier molecular flexibility index (Phi) is 3.41. The first-order chi connectivity index (χ1) is 10.5. The molecule has 3 rings (SSSR count). The zero-order chi connectivity index (χ0) is 17.2. The molecule has 23 heavy (non-hydrogen) atoms. The van der Waals surface area contributed by atoms with Crippen molar-refractivity contribution >= 4 is 21.8 Å². The number of rotatable bonds is 0. The van der Waals surface area contributed by atoms with Crippen LogP contribution < -0.4 is 0 Å². The summed E-state index contributed by atoms with van der Waals surface area (Å²) >= 11 is 0. The highest BCUT2D eigenvalue weighted by Crippen LogP contribution is 2.36. The van der Waals surface area contributed by atoms with E-state index in [1.165, 1.54) is 44.1 Å². The largest absolute Gasteiger partial charge is 0.354 e. The summed E-state index contributed by atoms with van der Waals surface area (Å²) in [5.74, 6) is 0. The molecule has 2 aromatic carbocycles. The molecule has 0 atom stereocenters. The van der Waals surface area contributed by atoms with Gasteiger partial charge < -0.3 is 4.98 Å². The molecule has 0 fully saturated rings.